The monoisotopic (exact) mass is 197 g/mol. The van der Waals surface area contributed by atoms with Gasteiger partial charge in [-0.3, -0.25) is 4.79 Å². The van der Waals surface area contributed by atoms with Crippen LogP contribution in [-0.2, 0) is 14.3 Å². The van der Waals surface area contributed by atoms with Gasteiger partial charge in [-0.2, -0.15) is 0 Å². The van der Waals surface area contributed by atoms with Crippen molar-refractivity contribution in [3.05, 3.63) is 17.5 Å². The summed E-state index contributed by atoms with van der Waals surface area (Å²) in [5, 5.41) is 0. The quantitative estimate of drug-likeness (QED) is 0.219. The molecule has 0 amide bonds. The third-order valence-corrected chi connectivity index (χ3v) is 1.30. The summed E-state index contributed by atoms with van der Waals surface area (Å²) >= 11 is 0. The molecule has 0 saturated heterocycles. The summed E-state index contributed by atoms with van der Waals surface area (Å²) in [6, 6.07) is 0. The number of esters is 1. The SMILES string of the molecule is CCOC(=O)C(=C=CN(C)C)C(C)=O. The molecule has 0 aliphatic heterocycles. The van der Waals surface area contributed by atoms with Crippen molar-refractivity contribution in [3.8, 4) is 0 Å². The molecule has 0 N–H and O–H groups in total. The first kappa shape index (κ1) is 12.5. The molecule has 0 aliphatic rings. The number of ketones is 1. The van der Waals surface area contributed by atoms with E-state index in [-0.39, 0.29) is 18.0 Å². The molecule has 14 heavy (non-hydrogen) atoms. The molecule has 0 saturated carbocycles. The average molecular weight is 197 g/mol. The van der Waals surface area contributed by atoms with Gasteiger partial charge < -0.3 is 9.64 Å². The van der Waals surface area contributed by atoms with Gasteiger partial charge in [-0.25, -0.2) is 4.79 Å². The molecule has 0 unspecified atom stereocenters. The topological polar surface area (TPSA) is 46.6 Å². The summed E-state index contributed by atoms with van der Waals surface area (Å²) in [5.41, 5.74) is 2.54. The minimum absolute atomic E-state index is 0.0550. The zero-order valence-electron chi connectivity index (χ0n) is 8.96. The lowest BCUT2D eigenvalue weighted by molar-refractivity contribution is -0.139. The Morgan fingerprint density at radius 3 is 2.36 bits per heavy atom. The number of carbonyl (C=O) groups excluding carboxylic acids is 2. The zero-order valence-corrected chi connectivity index (χ0v) is 8.96. The van der Waals surface area contributed by atoms with E-state index in [2.05, 4.69) is 5.73 Å². The van der Waals surface area contributed by atoms with Gasteiger partial charge in [0.1, 0.15) is 5.57 Å². The summed E-state index contributed by atoms with van der Waals surface area (Å²) < 4.78 is 4.70. The fourth-order valence-corrected chi connectivity index (χ4v) is 0.701. The van der Waals surface area contributed by atoms with E-state index >= 15 is 0 Å². The molecule has 0 aliphatic carbocycles. The predicted molar refractivity (Wildman–Crippen MR) is 52.6 cm³/mol. The molecule has 0 spiro atoms. The van der Waals surface area contributed by atoms with Crippen LogP contribution in [0.5, 0.6) is 0 Å². The molecule has 0 fully saturated rings. The van der Waals surface area contributed by atoms with Gasteiger partial charge in [0.15, 0.2) is 5.78 Å². The van der Waals surface area contributed by atoms with E-state index in [9.17, 15) is 9.59 Å². The summed E-state index contributed by atoms with van der Waals surface area (Å²) in [5.74, 6) is -0.973. The lowest BCUT2D eigenvalue weighted by Crippen LogP contribution is -2.13. The first-order valence-corrected chi connectivity index (χ1v) is 4.30. The van der Waals surface area contributed by atoms with Crippen LogP contribution in [0, 0.1) is 0 Å². The lowest BCUT2D eigenvalue weighted by Gasteiger charge is -2.02. The second-order valence-corrected chi connectivity index (χ2v) is 2.89. The van der Waals surface area contributed by atoms with E-state index in [1.54, 1.807) is 25.9 Å². The molecule has 0 rings (SSSR count). The van der Waals surface area contributed by atoms with E-state index < -0.39 is 5.97 Å². The van der Waals surface area contributed by atoms with E-state index in [1.165, 1.54) is 13.1 Å². The smallest absolute Gasteiger partial charge is 0.349 e. The number of hydrogen-bond donors (Lipinski definition) is 0. The van der Waals surface area contributed by atoms with Gasteiger partial charge >= 0.3 is 5.97 Å². The Bertz CT molecular complexity index is 286. The maximum atomic E-state index is 11.2. The van der Waals surface area contributed by atoms with Crippen molar-refractivity contribution in [2.24, 2.45) is 0 Å². The van der Waals surface area contributed by atoms with E-state index in [4.69, 9.17) is 4.74 Å². The number of Topliss-reactive ketones (excluding diaryl/α,β-unsaturated/α-hetero) is 1. The van der Waals surface area contributed by atoms with Crippen LogP contribution in [0.2, 0.25) is 0 Å². The molecule has 78 valence electrons. The molecule has 0 aromatic carbocycles. The van der Waals surface area contributed by atoms with Crippen molar-refractivity contribution >= 4 is 11.8 Å². The Labute approximate surface area is 83.8 Å². The zero-order chi connectivity index (χ0) is 11.1. The van der Waals surface area contributed by atoms with Crippen molar-refractivity contribution in [3.63, 3.8) is 0 Å². The van der Waals surface area contributed by atoms with Crippen LogP contribution in [-0.4, -0.2) is 37.4 Å². The largest absolute Gasteiger partial charge is 0.462 e. The maximum Gasteiger partial charge on any atom is 0.349 e. The van der Waals surface area contributed by atoms with Gasteiger partial charge in [0.2, 0.25) is 0 Å². The van der Waals surface area contributed by atoms with Crippen LogP contribution >= 0.6 is 0 Å². The van der Waals surface area contributed by atoms with Crippen molar-refractivity contribution in [1.82, 2.24) is 4.90 Å². The molecule has 0 heterocycles. The van der Waals surface area contributed by atoms with Crippen LogP contribution in [0.25, 0.3) is 0 Å². The Morgan fingerprint density at radius 1 is 1.43 bits per heavy atom. The van der Waals surface area contributed by atoms with Crippen LogP contribution in [0.3, 0.4) is 0 Å². The Hall–Kier alpha value is -1.54. The average Bonchev–Trinajstić information content (AvgIpc) is 2.03. The van der Waals surface area contributed by atoms with Gasteiger partial charge in [-0.15, -0.1) is 0 Å². The first-order chi connectivity index (χ1) is 6.49. The van der Waals surface area contributed by atoms with E-state index in [1.807, 2.05) is 0 Å². The third-order valence-electron chi connectivity index (χ3n) is 1.30. The fourth-order valence-electron chi connectivity index (χ4n) is 0.701. The van der Waals surface area contributed by atoms with Gasteiger partial charge in [-0.05, 0) is 6.92 Å². The molecule has 0 aromatic rings. The van der Waals surface area contributed by atoms with Crippen LogP contribution in [0.1, 0.15) is 13.8 Å². The molecule has 4 nitrogen and oxygen atoms in total. The second-order valence-electron chi connectivity index (χ2n) is 2.89. The van der Waals surface area contributed by atoms with Gasteiger partial charge in [0.25, 0.3) is 0 Å². The number of carbonyl (C=O) groups is 2. The predicted octanol–water partition coefficient (Wildman–Crippen LogP) is 0.739. The van der Waals surface area contributed by atoms with Crippen molar-refractivity contribution in [1.29, 1.82) is 0 Å². The molecule has 0 radical (unpaired) electrons. The van der Waals surface area contributed by atoms with Gasteiger partial charge in [0, 0.05) is 27.2 Å². The van der Waals surface area contributed by atoms with Crippen molar-refractivity contribution in [2.45, 2.75) is 13.8 Å². The van der Waals surface area contributed by atoms with Crippen LogP contribution in [0.15, 0.2) is 17.5 Å². The molecule has 0 atom stereocenters. The molecule has 0 bridgehead atoms. The Kier molecular flexibility index (Phi) is 5.34. The minimum atomic E-state index is -0.627. The number of hydrogen-bond acceptors (Lipinski definition) is 4. The number of rotatable bonds is 4. The summed E-state index contributed by atoms with van der Waals surface area (Å²) in [6.45, 7) is 3.24. The highest BCUT2D eigenvalue weighted by Gasteiger charge is 2.14. The normalized spacial score (nSPS) is 8.57. The summed E-state index contributed by atoms with van der Waals surface area (Å²) in [6.07, 6.45) is 1.51. The number of ether oxygens (including phenoxy) is 1. The van der Waals surface area contributed by atoms with E-state index in [0.717, 1.165) is 0 Å². The maximum absolute atomic E-state index is 11.2. The van der Waals surface area contributed by atoms with Crippen LogP contribution < -0.4 is 0 Å². The molecule has 0 aromatic heterocycles. The fraction of sp³-hybridized carbons (Fsp3) is 0.500. The minimum Gasteiger partial charge on any atom is -0.462 e. The summed E-state index contributed by atoms with van der Waals surface area (Å²) in [7, 11) is 3.55. The highest BCUT2D eigenvalue weighted by molar-refractivity contribution is 6.16. The van der Waals surface area contributed by atoms with Gasteiger partial charge in [-0.1, -0.05) is 5.73 Å². The number of nitrogens with zero attached hydrogens (tertiary/aromatic N) is 1. The first-order valence-electron chi connectivity index (χ1n) is 4.30. The standard InChI is InChI=1S/C10H15NO3/c1-5-14-10(13)9(8(2)12)6-7-11(3)4/h7H,5H2,1-4H3. The second kappa shape index (κ2) is 6.00. The highest BCUT2D eigenvalue weighted by Crippen LogP contribution is 1.98. The molecular formula is C10H15NO3. The highest BCUT2D eigenvalue weighted by atomic mass is 16.5. The van der Waals surface area contributed by atoms with Gasteiger partial charge in [0.05, 0.1) is 6.61 Å². The molecule has 4 heteroatoms. The van der Waals surface area contributed by atoms with E-state index in [0.29, 0.717) is 0 Å². The third kappa shape index (κ3) is 4.48. The lowest BCUT2D eigenvalue weighted by atomic mass is 10.2. The Morgan fingerprint density at radius 2 is 2.00 bits per heavy atom. The van der Waals surface area contributed by atoms with Crippen molar-refractivity contribution < 1.29 is 14.3 Å². The molecular weight excluding hydrogens is 182 g/mol. The summed E-state index contributed by atoms with van der Waals surface area (Å²) in [4.78, 5) is 23.9. The Balaban J connectivity index is 4.86. The van der Waals surface area contributed by atoms with Crippen LogP contribution in [0.4, 0.5) is 0 Å². The van der Waals surface area contributed by atoms with Crippen molar-refractivity contribution in [2.75, 3.05) is 20.7 Å².